The number of carboxylic acid groups (broad SMARTS) is 1. The van der Waals surface area contributed by atoms with Gasteiger partial charge in [-0.05, 0) is 13.0 Å². The summed E-state index contributed by atoms with van der Waals surface area (Å²) in [5.74, 6) is -1.98. The maximum Gasteiger partial charge on any atom is 0.305 e. The molecule has 0 aliphatic carbocycles. The Labute approximate surface area is 122 Å². The van der Waals surface area contributed by atoms with Crippen LogP contribution in [0.4, 0.5) is 0 Å². The molecule has 1 aliphatic rings. The number of rotatable bonds is 3. The third-order valence-electron chi connectivity index (χ3n) is 3.42. The molecule has 0 saturated carbocycles. The standard InChI is InChI=1S/C12H17N3O5S/c1-8-5-10(14(2)13-8)12(18)15-3-4-21(19,20)7-9(15)6-11(16)17/h5,9H,3-4,6-7H2,1-2H3,(H,16,17). The Morgan fingerprint density at radius 3 is 2.67 bits per heavy atom. The molecule has 116 valence electrons. The lowest BCUT2D eigenvalue weighted by molar-refractivity contribution is -0.138. The van der Waals surface area contributed by atoms with Gasteiger partial charge in [0, 0.05) is 13.6 Å². The summed E-state index contributed by atoms with van der Waals surface area (Å²) in [6, 6.07) is 0.757. The molecule has 1 unspecified atom stereocenters. The zero-order valence-electron chi connectivity index (χ0n) is 11.8. The number of amides is 1. The van der Waals surface area contributed by atoms with Crippen LogP contribution in [-0.2, 0) is 21.7 Å². The molecular formula is C12H17N3O5S. The van der Waals surface area contributed by atoms with Crippen molar-refractivity contribution in [3.63, 3.8) is 0 Å². The first kappa shape index (κ1) is 15.5. The average Bonchev–Trinajstić information content (AvgIpc) is 2.66. The Morgan fingerprint density at radius 1 is 1.48 bits per heavy atom. The van der Waals surface area contributed by atoms with Crippen LogP contribution in [0.5, 0.6) is 0 Å². The van der Waals surface area contributed by atoms with Crippen molar-refractivity contribution < 1.29 is 23.1 Å². The molecule has 0 spiro atoms. The second-order valence-electron chi connectivity index (χ2n) is 5.16. The van der Waals surface area contributed by atoms with E-state index < -0.39 is 21.8 Å². The molecule has 8 nitrogen and oxygen atoms in total. The first-order valence-corrected chi connectivity index (χ1v) is 8.25. The highest BCUT2D eigenvalue weighted by Crippen LogP contribution is 2.18. The zero-order valence-corrected chi connectivity index (χ0v) is 12.6. The van der Waals surface area contributed by atoms with Gasteiger partial charge in [0.25, 0.3) is 5.91 Å². The first-order valence-electron chi connectivity index (χ1n) is 6.43. The lowest BCUT2D eigenvalue weighted by Gasteiger charge is -2.34. The van der Waals surface area contributed by atoms with Crippen molar-refractivity contribution in [3.05, 3.63) is 17.5 Å². The normalized spacial score (nSPS) is 21.2. The van der Waals surface area contributed by atoms with E-state index in [0.29, 0.717) is 11.4 Å². The minimum Gasteiger partial charge on any atom is -0.481 e. The van der Waals surface area contributed by atoms with E-state index in [4.69, 9.17) is 5.11 Å². The highest BCUT2D eigenvalue weighted by atomic mass is 32.2. The monoisotopic (exact) mass is 315 g/mol. The number of carbonyl (C=O) groups excluding carboxylic acids is 1. The molecule has 9 heteroatoms. The molecule has 0 radical (unpaired) electrons. The summed E-state index contributed by atoms with van der Waals surface area (Å²) in [7, 11) is -1.69. The summed E-state index contributed by atoms with van der Waals surface area (Å²) in [5.41, 5.74) is 0.988. The van der Waals surface area contributed by atoms with Crippen LogP contribution in [0, 0.1) is 6.92 Å². The molecule has 1 aromatic rings. The second-order valence-corrected chi connectivity index (χ2v) is 7.39. The smallest absolute Gasteiger partial charge is 0.305 e. The van der Waals surface area contributed by atoms with Crippen molar-refractivity contribution >= 4 is 21.7 Å². The molecule has 0 aromatic carbocycles. The minimum atomic E-state index is -3.31. The zero-order chi connectivity index (χ0) is 15.8. The lowest BCUT2D eigenvalue weighted by Crippen LogP contribution is -2.52. The highest BCUT2D eigenvalue weighted by Gasteiger charge is 2.36. The quantitative estimate of drug-likeness (QED) is 0.801. The number of nitrogens with zero attached hydrogens (tertiary/aromatic N) is 3. The number of carbonyl (C=O) groups is 2. The van der Waals surface area contributed by atoms with E-state index in [1.807, 2.05) is 0 Å². The molecule has 0 bridgehead atoms. The third kappa shape index (κ3) is 3.41. The Hall–Kier alpha value is -1.90. The SMILES string of the molecule is Cc1cc(C(=O)N2CCS(=O)(=O)CC2CC(=O)O)n(C)n1. The molecule has 1 saturated heterocycles. The van der Waals surface area contributed by atoms with Crippen molar-refractivity contribution in [2.75, 3.05) is 18.1 Å². The topological polar surface area (TPSA) is 110 Å². The van der Waals surface area contributed by atoms with Crippen molar-refractivity contribution in [1.29, 1.82) is 0 Å². The van der Waals surface area contributed by atoms with Gasteiger partial charge in [-0.3, -0.25) is 14.3 Å². The van der Waals surface area contributed by atoms with Gasteiger partial charge in [-0.2, -0.15) is 5.10 Å². The van der Waals surface area contributed by atoms with Crippen molar-refractivity contribution in [2.45, 2.75) is 19.4 Å². The number of aliphatic carboxylic acids is 1. The molecule has 1 amide bonds. The van der Waals surface area contributed by atoms with Crippen molar-refractivity contribution in [2.24, 2.45) is 7.05 Å². The minimum absolute atomic E-state index is 0.00331. The summed E-state index contributed by atoms with van der Waals surface area (Å²) in [5, 5.41) is 13.0. The molecule has 2 rings (SSSR count). The van der Waals surface area contributed by atoms with E-state index in [1.54, 1.807) is 20.0 Å². The van der Waals surface area contributed by atoms with Gasteiger partial charge in [0.15, 0.2) is 9.84 Å². The van der Waals surface area contributed by atoms with Gasteiger partial charge in [0.1, 0.15) is 5.69 Å². The summed E-state index contributed by atoms with van der Waals surface area (Å²) < 4.78 is 24.8. The predicted molar refractivity (Wildman–Crippen MR) is 73.7 cm³/mol. The van der Waals surface area contributed by atoms with Crippen LogP contribution in [0.25, 0.3) is 0 Å². The Kier molecular flexibility index (Phi) is 4.04. The molecule has 1 N–H and O–H groups in total. The van der Waals surface area contributed by atoms with E-state index in [0.717, 1.165) is 0 Å². The van der Waals surface area contributed by atoms with Crippen LogP contribution in [0.2, 0.25) is 0 Å². The van der Waals surface area contributed by atoms with Gasteiger partial charge in [0.05, 0.1) is 29.7 Å². The van der Waals surface area contributed by atoms with Crippen LogP contribution in [0.1, 0.15) is 22.6 Å². The number of aryl methyl sites for hydroxylation is 2. The van der Waals surface area contributed by atoms with E-state index >= 15 is 0 Å². The fraction of sp³-hybridized carbons (Fsp3) is 0.583. The number of aromatic nitrogens is 2. The van der Waals surface area contributed by atoms with E-state index in [-0.39, 0.29) is 30.4 Å². The number of carboxylic acids is 1. The Balaban J connectivity index is 2.29. The second kappa shape index (κ2) is 5.47. The van der Waals surface area contributed by atoms with E-state index in [1.165, 1.54) is 9.58 Å². The average molecular weight is 315 g/mol. The van der Waals surface area contributed by atoms with Gasteiger partial charge in [-0.15, -0.1) is 0 Å². The van der Waals surface area contributed by atoms with E-state index in [9.17, 15) is 18.0 Å². The Morgan fingerprint density at radius 2 is 2.14 bits per heavy atom. The van der Waals surface area contributed by atoms with E-state index in [2.05, 4.69) is 5.10 Å². The highest BCUT2D eigenvalue weighted by molar-refractivity contribution is 7.91. The van der Waals surface area contributed by atoms with Crippen molar-refractivity contribution in [1.82, 2.24) is 14.7 Å². The molecule has 1 atom stereocenters. The molecular weight excluding hydrogens is 298 g/mol. The molecule has 1 aromatic heterocycles. The van der Waals surface area contributed by atoms with Gasteiger partial charge in [0.2, 0.25) is 0 Å². The number of hydrogen-bond acceptors (Lipinski definition) is 5. The lowest BCUT2D eigenvalue weighted by atomic mass is 10.1. The van der Waals surface area contributed by atoms with Crippen LogP contribution in [-0.4, -0.2) is 64.2 Å². The van der Waals surface area contributed by atoms with Gasteiger partial charge < -0.3 is 10.0 Å². The number of sulfone groups is 1. The maximum absolute atomic E-state index is 12.5. The summed E-state index contributed by atoms with van der Waals surface area (Å²) in [4.78, 5) is 24.7. The van der Waals surface area contributed by atoms with Crippen LogP contribution in [0.3, 0.4) is 0 Å². The van der Waals surface area contributed by atoms with Crippen molar-refractivity contribution in [3.8, 4) is 0 Å². The van der Waals surface area contributed by atoms with Crippen LogP contribution < -0.4 is 0 Å². The third-order valence-corrected chi connectivity index (χ3v) is 5.12. The first-order chi connectivity index (χ1) is 9.69. The van der Waals surface area contributed by atoms with Crippen LogP contribution in [0.15, 0.2) is 6.07 Å². The molecule has 1 fully saturated rings. The largest absolute Gasteiger partial charge is 0.481 e. The van der Waals surface area contributed by atoms with Gasteiger partial charge in [-0.1, -0.05) is 0 Å². The Bertz CT molecular complexity index is 679. The predicted octanol–water partition coefficient (Wildman–Crippen LogP) is -0.558. The fourth-order valence-corrected chi connectivity index (χ4v) is 4.01. The molecule has 21 heavy (non-hydrogen) atoms. The summed E-state index contributed by atoms with van der Waals surface area (Å²) in [6.07, 6.45) is -0.387. The molecule has 1 aliphatic heterocycles. The van der Waals surface area contributed by atoms with Gasteiger partial charge in [-0.25, -0.2) is 8.42 Å². The summed E-state index contributed by atoms with van der Waals surface area (Å²) >= 11 is 0. The van der Waals surface area contributed by atoms with Crippen LogP contribution >= 0.6 is 0 Å². The van der Waals surface area contributed by atoms with Gasteiger partial charge >= 0.3 is 5.97 Å². The maximum atomic E-state index is 12.5. The molecule has 2 heterocycles. The summed E-state index contributed by atoms with van der Waals surface area (Å²) in [6.45, 7) is 1.75. The fourth-order valence-electron chi connectivity index (χ4n) is 2.48. The number of hydrogen-bond donors (Lipinski definition) is 1.